The Morgan fingerprint density at radius 3 is 2.35 bits per heavy atom. The van der Waals surface area contributed by atoms with Crippen molar-refractivity contribution in [2.75, 3.05) is 0 Å². The number of amides is 1. The highest BCUT2D eigenvalue weighted by Gasteiger charge is 2.62. The van der Waals surface area contributed by atoms with Crippen LogP contribution in [0.25, 0.3) is 0 Å². The summed E-state index contributed by atoms with van der Waals surface area (Å²) in [5.41, 5.74) is 0.477. The second-order valence-electron chi connectivity index (χ2n) is 7.98. The normalized spacial score (nSPS) is 39.8. The lowest BCUT2D eigenvalue weighted by molar-refractivity contribution is -0.00567. The van der Waals surface area contributed by atoms with Crippen molar-refractivity contribution in [3.63, 3.8) is 0 Å². The molecule has 3 rings (SSSR count). The number of fused-ring (bicyclic) bond motifs is 2. The lowest BCUT2D eigenvalue weighted by Crippen LogP contribution is -2.43. The molecule has 3 nitrogen and oxygen atoms in total. The molecule has 3 fully saturated rings. The van der Waals surface area contributed by atoms with E-state index in [9.17, 15) is 4.79 Å². The third kappa shape index (κ3) is 2.14. The molecule has 0 aromatic carbocycles. The molecule has 0 aliphatic heterocycles. The molecule has 1 N–H and O–H groups in total. The third-order valence-electron chi connectivity index (χ3n) is 6.89. The van der Waals surface area contributed by atoms with Crippen LogP contribution in [0.2, 0.25) is 0 Å². The van der Waals surface area contributed by atoms with E-state index in [-0.39, 0.29) is 17.6 Å². The van der Waals surface area contributed by atoms with Crippen LogP contribution < -0.4 is 5.32 Å². The average Bonchev–Trinajstić information content (AvgIpc) is 2.73. The molecule has 3 heteroatoms. The summed E-state index contributed by atoms with van der Waals surface area (Å²) in [7, 11) is 0. The fourth-order valence-electron chi connectivity index (χ4n) is 4.89. The van der Waals surface area contributed by atoms with Crippen molar-refractivity contribution in [3.05, 3.63) is 0 Å². The van der Waals surface area contributed by atoms with Gasteiger partial charge >= 0.3 is 6.09 Å². The molecule has 3 aliphatic rings. The number of hydrogen-bond donors (Lipinski definition) is 1. The highest BCUT2D eigenvalue weighted by molar-refractivity contribution is 5.68. The van der Waals surface area contributed by atoms with Crippen LogP contribution in [0.3, 0.4) is 0 Å². The van der Waals surface area contributed by atoms with Gasteiger partial charge in [0, 0.05) is 11.5 Å². The summed E-state index contributed by atoms with van der Waals surface area (Å²) in [6.45, 7) is 7.03. The first-order valence-electron chi connectivity index (χ1n) is 8.40. The zero-order chi connectivity index (χ0) is 14.4. The molecule has 3 atom stereocenters. The van der Waals surface area contributed by atoms with Gasteiger partial charge in [0.25, 0.3) is 0 Å². The molecule has 1 amide bonds. The molecule has 0 saturated heterocycles. The van der Waals surface area contributed by atoms with Gasteiger partial charge in [-0.2, -0.15) is 0 Å². The van der Waals surface area contributed by atoms with E-state index < -0.39 is 0 Å². The fraction of sp³-hybridized carbons (Fsp3) is 0.941. The lowest BCUT2D eigenvalue weighted by atomic mass is 9.70. The van der Waals surface area contributed by atoms with Gasteiger partial charge in [-0.1, -0.05) is 40.0 Å². The highest BCUT2D eigenvalue weighted by atomic mass is 16.6. The minimum atomic E-state index is -0.175. The molecule has 0 aromatic heterocycles. The molecule has 3 unspecified atom stereocenters. The van der Waals surface area contributed by atoms with Crippen molar-refractivity contribution in [1.29, 1.82) is 0 Å². The first kappa shape index (κ1) is 14.2. The average molecular weight is 279 g/mol. The van der Waals surface area contributed by atoms with E-state index in [2.05, 4.69) is 26.1 Å². The van der Waals surface area contributed by atoms with Crippen molar-refractivity contribution in [3.8, 4) is 0 Å². The molecule has 3 aliphatic carbocycles. The molecule has 114 valence electrons. The molecule has 0 radical (unpaired) electrons. The minimum Gasteiger partial charge on any atom is -0.446 e. The third-order valence-corrected chi connectivity index (χ3v) is 6.89. The maximum Gasteiger partial charge on any atom is 0.407 e. The Labute approximate surface area is 122 Å². The van der Waals surface area contributed by atoms with E-state index in [1.54, 1.807) is 0 Å². The number of hydrogen-bond acceptors (Lipinski definition) is 2. The van der Waals surface area contributed by atoms with Gasteiger partial charge in [-0.3, -0.25) is 0 Å². The summed E-state index contributed by atoms with van der Waals surface area (Å²) in [4.78, 5) is 12.2. The van der Waals surface area contributed by atoms with Crippen molar-refractivity contribution < 1.29 is 9.53 Å². The van der Waals surface area contributed by atoms with Gasteiger partial charge in [-0.05, 0) is 43.4 Å². The molecule has 20 heavy (non-hydrogen) atoms. The second-order valence-corrected chi connectivity index (χ2v) is 7.98. The van der Waals surface area contributed by atoms with E-state index in [1.165, 1.54) is 32.1 Å². The monoisotopic (exact) mass is 279 g/mol. The largest absolute Gasteiger partial charge is 0.446 e. The summed E-state index contributed by atoms with van der Waals surface area (Å²) >= 11 is 0. The predicted molar refractivity (Wildman–Crippen MR) is 79.5 cm³/mol. The van der Waals surface area contributed by atoms with E-state index in [0.717, 1.165) is 25.2 Å². The number of ether oxygens (including phenoxy) is 1. The van der Waals surface area contributed by atoms with E-state index in [4.69, 9.17) is 4.74 Å². The van der Waals surface area contributed by atoms with Gasteiger partial charge in [0.15, 0.2) is 0 Å². The summed E-state index contributed by atoms with van der Waals surface area (Å²) in [5.74, 6) is 0.722. The van der Waals surface area contributed by atoms with Gasteiger partial charge in [0.2, 0.25) is 0 Å². The Kier molecular flexibility index (Phi) is 3.50. The number of nitrogens with one attached hydrogen (secondary N) is 1. The number of rotatable bonds is 2. The van der Waals surface area contributed by atoms with Crippen molar-refractivity contribution in [2.45, 2.75) is 84.3 Å². The number of carbonyl (C=O) groups excluding carboxylic acids is 1. The molecular weight excluding hydrogens is 250 g/mol. The topological polar surface area (TPSA) is 38.3 Å². The van der Waals surface area contributed by atoms with Crippen LogP contribution in [0.5, 0.6) is 0 Å². The zero-order valence-corrected chi connectivity index (χ0v) is 13.2. The van der Waals surface area contributed by atoms with Gasteiger partial charge in [0.1, 0.15) is 6.10 Å². The van der Waals surface area contributed by atoms with Crippen LogP contribution in [0.1, 0.15) is 72.1 Å². The van der Waals surface area contributed by atoms with Crippen LogP contribution in [-0.4, -0.2) is 18.2 Å². The minimum absolute atomic E-state index is 0.111. The summed E-state index contributed by atoms with van der Waals surface area (Å²) in [6, 6.07) is 0.343. The van der Waals surface area contributed by atoms with Gasteiger partial charge in [0.05, 0.1) is 0 Å². The quantitative estimate of drug-likeness (QED) is 0.820. The molecule has 3 saturated carbocycles. The van der Waals surface area contributed by atoms with Crippen LogP contribution in [0, 0.1) is 16.7 Å². The second kappa shape index (κ2) is 4.92. The SMILES string of the molecule is CC1(C)C2CCC1(C)C(OC(=O)NC1CCCCC1)C2. The van der Waals surface area contributed by atoms with E-state index >= 15 is 0 Å². The Balaban J connectivity index is 1.57. The Bertz CT molecular complexity index is 386. The zero-order valence-electron chi connectivity index (χ0n) is 13.2. The fourth-order valence-corrected chi connectivity index (χ4v) is 4.89. The molecule has 0 heterocycles. The predicted octanol–water partition coefficient (Wildman–Crippen LogP) is 4.26. The highest BCUT2D eigenvalue weighted by Crippen LogP contribution is 2.66. The lowest BCUT2D eigenvalue weighted by Gasteiger charge is -2.38. The van der Waals surface area contributed by atoms with Crippen molar-refractivity contribution in [2.24, 2.45) is 16.7 Å². The maximum absolute atomic E-state index is 12.2. The van der Waals surface area contributed by atoms with Crippen LogP contribution in [0.4, 0.5) is 4.79 Å². The molecule has 2 bridgehead atoms. The summed E-state index contributed by atoms with van der Waals surface area (Å²) < 4.78 is 5.84. The van der Waals surface area contributed by atoms with Gasteiger partial charge in [-0.15, -0.1) is 0 Å². The van der Waals surface area contributed by atoms with Crippen LogP contribution >= 0.6 is 0 Å². The standard InChI is InChI=1S/C17H29NO2/c1-16(2)12-9-10-17(16,3)14(11-12)20-15(19)18-13-7-5-4-6-8-13/h12-14H,4-11H2,1-3H3,(H,18,19). The molecule has 0 spiro atoms. The molecular formula is C17H29NO2. The smallest absolute Gasteiger partial charge is 0.407 e. The maximum atomic E-state index is 12.2. The first-order valence-corrected chi connectivity index (χ1v) is 8.40. The summed E-state index contributed by atoms with van der Waals surface area (Å²) in [5, 5.41) is 3.09. The molecule has 0 aromatic rings. The van der Waals surface area contributed by atoms with Gasteiger partial charge in [-0.25, -0.2) is 4.79 Å². The Morgan fingerprint density at radius 1 is 1.10 bits per heavy atom. The van der Waals surface area contributed by atoms with Gasteiger partial charge < -0.3 is 10.1 Å². The van der Waals surface area contributed by atoms with E-state index in [0.29, 0.717) is 11.5 Å². The van der Waals surface area contributed by atoms with E-state index in [1.807, 2.05) is 0 Å². The first-order chi connectivity index (χ1) is 9.43. The van der Waals surface area contributed by atoms with Crippen LogP contribution in [0.15, 0.2) is 0 Å². The summed E-state index contributed by atoms with van der Waals surface area (Å²) in [6.07, 6.45) is 9.51. The number of carbonyl (C=O) groups is 1. The Hall–Kier alpha value is -0.730. The van der Waals surface area contributed by atoms with Crippen molar-refractivity contribution >= 4 is 6.09 Å². The van der Waals surface area contributed by atoms with Crippen molar-refractivity contribution in [1.82, 2.24) is 5.32 Å². The Morgan fingerprint density at radius 2 is 1.80 bits per heavy atom. The van der Waals surface area contributed by atoms with Crippen LogP contribution in [-0.2, 0) is 4.74 Å². The number of alkyl carbamates (subject to hydrolysis) is 1.